The van der Waals surface area contributed by atoms with Crippen LogP contribution in [0.5, 0.6) is 0 Å². The summed E-state index contributed by atoms with van der Waals surface area (Å²) in [5.41, 5.74) is 0. The average molecular weight is 868 g/mol. The first-order valence-electron chi connectivity index (χ1n) is 17.3. The normalized spacial score (nSPS) is 11.2. The Hall–Kier alpha value is -4.11. The van der Waals surface area contributed by atoms with E-state index in [-0.39, 0.29) is 43.0 Å². The minimum absolute atomic E-state index is 0.126. The molecule has 0 unspecified atom stereocenters. The minimum atomic E-state index is -0.249. The molecule has 0 spiro atoms. The van der Waals surface area contributed by atoms with Gasteiger partial charge < -0.3 is 0 Å². The summed E-state index contributed by atoms with van der Waals surface area (Å²) in [6, 6.07) is 80.0. The zero-order valence-corrected chi connectivity index (χ0v) is 34.2. The lowest BCUT2D eigenvalue weighted by Gasteiger charge is -2.08. The molecule has 0 atom stereocenters. The third kappa shape index (κ3) is 9.34. The van der Waals surface area contributed by atoms with Gasteiger partial charge in [0.2, 0.25) is 0 Å². The van der Waals surface area contributed by atoms with E-state index in [0.717, 1.165) is 0 Å². The van der Waals surface area contributed by atoms with Crippen LogP contribution in [0.4, 0.5) is 0 Å². The Balaban J connectivity index is 0.882. The predicted octanol–water partition coefficient (Wildman–Crippen LogP) is 10.3. The van der Waals surface area contributed by atoms with Gasteiger partial charge in [0.15, 0.2) is 36.5 Å². The van der Waals surface area contributed by atoms with E-state index in [4.69, 9.17) is 0 Å². The lowest BCUT2D eigenvalue weighted by atomic mass is 10.3. The Morgan fingerprint density at radius 1 is 0.245 bits per heavy atom. The molecule has 0 fully saturated rings. The van der Waals surface area contributed by atoms with E-state index in [2.05, 4.69) is 218 Å². The van der Waals surface area contributed by atoms with Gasteiger partial charge in [-0.1, -0.05) is 96.3 Å². The Bertz CT molecular complexity index is 2070. The smallest absolute Gasteiger partial charge is 0.0901 e. The van der Waals surface area contributed by atoms with Gasteiger partial charge in [-0.2, -0.15) is 0 Å². The molecular weight excluding hydrogens is 832 g/mol. The highest BCUT2D eigenvalue weighted by atomic mass is 127. The molecule has 0 saturated carbocycles. The molecule has 0 saturated heterocycles. The van der Waals surface area contributed by atoms with Crippen LogP contribution in [0.2, 0.25) is 0 Å². The van der Waals surface area contributed by atoms with Crippen molar-refractivity contribution in [3.05, 3.63) is 226 Å². The van der Waals surface area contributed by atoms with Crippen molar-refractivity contribution in [1.82, 2.24) is 0 Å². The van der Waals surface area contributed by atoms with Gasteiger partial charge in [-0.05, 0) is 146 Å². The quantitative estimate of drug-likeness (QED) is 0.0887. The number of rotatable bonds is 12. The fourth-order valence-corrected chi connectivity index (χ4v) is 13.8. The largest absolute Gasteiger partial charge is 0.357 e. The summed E-state index contributed by atoms with van der Waals surface area (Å²) in [5, 5.41) is 0. The van der Waals surface area contributed by atoms with Gasteiger partial charge in [0.25, 0.3) is 0 Å². The second-order valence-electron chi connectivity index (χ2n) is 12.0. The lowest BCUT2D eigenvalue weighted by molar-refractivity contribution is -0.597. The third-order valence-corrected chi connectivity index (χ3v) is 17.5. The highest BCUT2D eigenvalue weighted by Gasteiger charge is 2.29. The molecule has 0 aromatic heterocycles. The standard InChI is InChI=1S/C48H36IS4/c1-5-13-43(14-6-1)52(44-15-7-2-8-16-44)47-33-29-41(30-34-47)50-39-25-21-37(22-26-39)49-38-23-27-40(28-24-38)51-42-31-35-48(36-32-42)53(45-17-9-3-10-18-45)46-19-11-4-12-20-46/h1-36H/q+3. The van der Waals surface area contributed by atoms with Crippen molar-refractivity contribution < 1.29 is 21.2 Å². The van der Waals surface area contributed by atoms with Crippen molar-refractivity contribution in [2.75, 3.05) is 0 Å². The van der Waals surface area contributed by atoms with E-state index in [0.29, 0.717) is 0 Å². The Labute approximate surface area is 338 Å². The maximum Gasteiger partial charge on any atom is 0.357 e. The molecule has 0 N–H and O–H groups in total. The summed E-state index contributed by atoms with van der Waals surface area (Å²) in [5.74, 6) is 0. The van der Waals surface area contributed by atoms with Crippen LogP contribution in [0.1, 0.15) is 0 Å². The van der Waals surface area contributed by atoms with Crippen molar-refractivity contribution >= 4 is 45.3 Å². The van der Waals surface area contributed by atoms with E-state index in [1.165, 1.54) is 56.1 Å². The van der Waals surface area contributed by atoms with Crippen LogP contribution in [0.15, 0.2) is 267 Å². The first-order valence-corrected chi connectivity index (χ1v) is 23.6. The summed E-state index contributed by atoms with van der Waals surface area (Å²) >= 11 is 3.41. The van der Waals surface area contributed by atoms with Crippen LogP contribution >= 0.6 is 23.5 Å². The van der Waals surface area contributed by atoms with Crippen molar-refractivity contribution in [1.29, 1.82) is 0 Å². The van der Waals surface area contributed by atoms with Crippen molar-refractivity contribution in [3.63, 3.8) is 0 Å². The number of hydrogen-bond donors (Lipinski definition) is 0. The van der Waals surface area contributed by atoms with Gasteiger partial charge in [0.05, 0.1) is 21.8 Å². The van der Waals surface area contributed by atoms with Gasteiger partial charge in [-0.3, -0.25) is 0 Å². The molecule has 0 bridgehead atoms. The summed E-state index contributed by atoms with van der Waals surface area (Å²) < 4.78 is 2.86. The predicted molar refractivity (Wildman–Crippen MR) is 222 cm³/mol. The van der Waals surface area contributed by atoms with Gasteiger partial charge in [-0.25, -0.2) is 0 Å². The van der Waals surface area contributed by atoms with Crippen molar-refractivity contribution in [2.45, 2.75) is 49.0 Å². The lowest BCUT2D eigenvalue weighted by Crippen LogP contribution is -3.61. The van der Waals surface area contributed by atoms with Crippen LogP contribution in [-0.2, 0) is 21.8 Å². The molecule has 0 amide bonds. The number of hydrogen-bond acceptors (Lipinski definition) is 2. The highest BCUT2D eigenvalue weighted by molar-refractivity contribution is 7.99. The summed E-state index contributed by atoms with van der Waals surface area (Å²) in [6.45, 7) is 0. The molecule has 0 aliphatic rings. The Morgan fingerprint density at radius 3 is 0.736 bits per heavy atom. The summed E-state index contributed by atoms with van der Waals surface area (Å²) in [4.78, 5) is 13.1. The average Bonchev–Trinajstić information content (AvgIpc) is 3.22. The second-order valence-corrected chi connectivity index (χ2v) is 21.4. The second kappa shape index (κ2) is 17.8. The molecule has 8 aromatic rings. The summed E-state index contributed by atoms with van der Waals surface area (Å²) in [6.07, 6.45) is 0. The molecule has 5 heteroatoms. The van der Waals surface area contributed by atoms with E-state index < -0.39 is 0 Å². The first-order chi connectivity index (χ1) is 26.2. The minimum Gasteiger partial charge on any atom is -0.0901 e. The zero-order chi connectivity index (χ0) is 35.7. The van der Waals surface area contributed by atoms with Crippen LogP contribution < -0.4 is 21.2 Å². The maximum absolute atomic E-state index is 2.31. The number of benzene rings is 8. The molecule has 0 aliphatic heterocycles. The first kappa shape index (κ1) is 35.9. The van der Waals surface area contributed by atoms with Gasteiger partial charge >= 0.3 is 21.2 Å². The van der Waals surface area contributed by atoms with E-state index in [1.807, 2.05) is 23.5 Å². The molecule has 8 aromatic carbocycles. The number of halogens is 1. The van der Waals surface area contributed by atoms with Crippen molar-refractivity contribution in [2.24, 2.45) is 0 Å². The molecule has 53 heavy (non-hydrogen) atoms. The van der Waals surface area contributed by atoms with Crippen LogP contribution in [0.3, 0.4) is 0 Å². The maximum atomic E-state index is 2.31. The fourth-order valence-electron chi connectivity index (χ4n) is 5.86. The molecular formula is C48H36IS4+3. The molecule has 0 aliphatic carbocycles. The Kier molecular flexibility index (Phi) is 12.1. The molecule has 8 rings (SSSR count). The van der Waals surface area contributed by atoms with E-state index in [1.54, 1.807) is 0 Å². The Morgan fingerprint density at radius 2 is 0.472 bits per heavy atom. The van der Waals surface area contributed by atoms with Gasteiger partial charge in [0, 0.05) is 19.6 Å². The fraction of sp³-hybridized carbons (Fsp3) is 0. The van der Waals surface area contributed by atoms with Gasteiger partial charge in [-0.15, -0.1) is 0 Å². The topological polar surface area (TPSA) is 0 Å². The highest BCUT2D eigenvalue weighted by Crippen LogP contribution is 2.35. The third-order valence-electron chi connectivity index (χ3n) is 8.35. The van der Waals surface area contributed by atoms with E-state index in [9.17, 15) is 0 Å². The van der Waals surface area contributed by atoms with Crippen LogP contribution in [0, 0.1) is 7.14 Å². The van der Waals surface area contributed by atoms with Gasteiger partial charge in [0.1, 0.15) is 0 Å². The SMILES string of the molecule is c1ccc([S+](c2ccccc2)c2ccc(Sc3ccc([I+]c4ccc(Sc5ccc([S+](c6ccccc6)c6ccccc6)cc5)cc4)cc3)cc2)cc1. The van der Waals surface area contributed by atoms with Crippen molar-refractivity contribution in [3.8, 4) is 0 Å². The molecule has 0 radical (unpaired) electrons. The molecule has 256 valence electrons. The zero-order valence-electron chi connectivity index (χ0n) is 28.8. The molecule has 0 heterocycles. The summed E-state index contributed by atoms with van der Waals surface area (Å²) in [7, 11) is -0.252. The van der Waals surface area contributed by atoms with Crippen LogP contribution in [-0.4, -0.2) is 0 Å². The van der Waals surface area contributed by atoms with Crippen LogP contribution in [0.25, 0.3) is 0 Å². The monoisotopic (exact) mass is 867 g/mol. The molecule has 0 nitrogen and oxygen atoms in total. The van der Waals surface area contributed by atoms with E-state index >= 15 is 0 Å².